The summed E-state index contributed by atoms with van der Waals surface area (Å²) in [5, 5.41) is 26.7. The molecule has 194 valence electrons. The highest BCUT2D eigenvalue weighted by atomic mass is 31.2. The molecule has 1 saturated heterocycles. The van der Waals surface area contributed by atoms with Gasteiger partial charge in [0.2, 0.25) is 0 Å². The number of aliphatic hydroxyl groups is 2. The number of amides is 1. The molecule has 0 radical (unpaired) electrons. The van der Waals surface area contributed by atoms with Crippen LogP contribution in [-0.4, -0.2) is 70.3 Å². The molecule has 1 amide bonds. The third-order valence-corrected chi connectivity index (χ3v) is 6.95. The molecule has 13 heteroatoms. The van der Waals surface area contributed by atoms with Crippen molar-refractivity contribution in [1.29, 1.82) is 0 Å². The largest absolute Gasteiger partial charge is 0.465 e. The number of carbonyl (C=O) groups excluding carboxylic acids is 2. The minimum atomic E-state index is -4.25. The molecule has 0 aromatic heterocycles. The molecule has 2 heterocycles. The number of ether oxygens (including phenoxy) is 2. The van der Waals surface area contributed by atoms with Crippen molar-refractivity contribution in [2.24, 2.45) is 0 Å². The lowest BCUT2D eigenvalue weighted by molar-refractivity contribution is -0.144. The topological polar surface area (TPSA) is 156 Å². The molecule has 2 aliphatic rings. The maximum atomic E-state index is 13.6. The van der Waals surface area contributed by atoms with Crippen LogP contribution < -0.4 is 14.9 Å². The van der Waals surface area contributed by atoms with E-state index in [1.165, 1.54) is 30.2 Å². The van der Waals surface area contributed by atoms with Gasteiger partial charge in [-0.05, 0) is 26.0 Å². The Kier molecular flexibility index (Phi) is 8.58. The third kappa shape index (κ3) is 5.96. The number of aliphatic hydroxyl groups excluding tert-OH is 1. The minimum Gasteiger partial charge on any atom is -0.465 e. The number of nitrogens with one attached hydrogen (secondary N) is 2. The fourth-order valence-electron chi connectivity index (χ4n) is 3.48. The van der Waals surface area contributed by atoms with Crippen LogP contribution >= 0.6 is 7.75 Å². The highest BCUT2D eigenvalue weighted by Gasteiger charge is 2.57. The molecule has 1 aromatic rings. The van der Waals surface area contributed by atoms with Crippen molar-refractivity contribution in [1.82, 2.24) is 15.3 Å². The summed E-state index contributed by atoms with van der Waals surface area (Å²) in [6, 6.07) is 7.01. The van der Waals surface area contributed by atoms with Gasteiger partial charge in [-0.25, -0.2) is 4.57 Å². The molecule has 1 unspecified atom stereocenters. The van der Waals surface area contributed by atoms with E-state index in [0.717, 1.165) is 6.08 Å². The van der Waals surface area contributed by atoms with Crippen molar-refractivity contribution >= 4 is 19.6 Å². The van der Waals surface area contributed by atoms with Crippen molar-refractivity contribution < 1.29 is 42.9 Å². The van der Waals surface area contributed by atoms with Crippen molar-refractivity contribution in [3.8, 4) is 18.1 Å². The summed E-state index contributed by atoms with van der Waals surface area (Å²) in [5.74, 6) is 1.22. The normalized spacial score (nSPS) is 28.1. The Hall–Kier alpha value is -3.17. The molecule has 1 aromatic carbocycles. The molecule has 36 heavy (non-hydrogen) atoms. The van der Waals surface area contributed by atoms with Gasteiger partial charge in [-0.1, -0.05) is 30.7 Å². The van der Waals surface area contributed by atoms with E-state index in [0.29, 0.717) is 0 Å². The number of esters is 1. The lowest BCUT2D eigenvalue weighted by Gasteiger charge is -2.36. The molecule has 0 saturated carbocycles. The average Bonchev–Trinajstić information content (AvgIpc) is 3.09. The van der Waals surface area contributed by atoms with E-state index in [-0.39, 0.29) is 18.2 Å². The lowest BCUT2D eigenvalue weighted by atomic mass is 9.94. The van der Waals surface area contributed by atoms with Crippen LogP contribution in [0.5, 0.6) is 5.75 Å². The maximum absolute atomic E-state index is 13.6. The number of hydrogen-bond donors (Lipinski definition) is 4. The second kappa shape index (κ2) is 11.3. The molecular formula is C23H28N3O9P. The van der Waals surface area contributed by atoms with E-state index in [1.807, 2.05) is 0 Å². The fourth-order valence-corrected chi connectivity index (χ4v) is 4.98. The number of rotatable bonds is 10. The van der Waals surface area contributed by atoms with E-state index in [2.05, 4.69) is 22.9 Å². The van der Waals surface area contributed by atoms with Crippen LogP contribution in [0.1, 0.15) is 13.8 Å². The second-order valence-electron chi connectivity index (χ2n) is 7.90. The van der Waals surface area contributed by atoms with Crippen LogP contribution in [-0.2, 0) is 28.2 Å². The minimum absolute atomic E-state index is 0.0537. The van der Waals surface area contributed by atoms with Gasteiger partial charge < -0.3 is 34.4 Å². The Morgan fingerprint density at radius 3 is 2.75 bits per heavy atom. The first-order valence-corrected chi connectivity index (χ1v) is 12.5. The number of nitrogens with zero attached hydrogens (tertiary/aromatic N) is 1. The maximum Gasteiger partial charge on any atom is 0.459 e. The Morgan fingerprint density at radius 1 is 1.44 bits per heavy atom. The monoisotopic (exact) mass is 521 g/mol. The molecular weight excluding hydrogens is 493 g/mol. The molecule has 12 nitrogen and oxygen atoms in total. The summed E-state index contributed by atoms with van der Waals surface area (Å²) in [7, 11) is -4.25. The summed E-state index contributed by atoms with van der Waals surface area (Å²) < 4.78 is 35.3. The summed E-state index contributed by atoms with van der Waals surface area (Å²) in [4.78, 5) is 24.9. The first-order valence-electron chi connectivity index (χ1n) is 11.0. The smallest absolute Gasteiger partial charge is 0.459 e. The molecule has 6 atom stereocenters. The van der Waals surface area contributed by atoms with Gasteiger partial charge >= 0.3 is 13.7 Å². The molecule has 4 N–H and O–H groups in total. The van der Waals surface area contributed by atoms with Crippen molar-refractivity contribution in [2.45, 2.75) is 43.9 Å². The van der Waals surface area contributed by atoms with Crippen molar-refractivity contribution in [3.63, 3.8) is 0 Å². The first kappa shape index (κ1) is 27.4. The highest BCUT2D eigenvalue weighted by molar-refractivity contribution is 7.52. The number of benzene rings is 1. The Labute approximate surface area is 208 Å². The summed E-state index contributed by atoms with van der Waals surface area (Å²) in [5.41, 5.74) is -2.25. The lowest BCUT2D eigenvalue weighted by Crippen LogP contribution is -2.54. The van der Waals surface area contributed by atoms with Crippen LogP contribution in [0.25, 0.3) is 0 Å². The van der Waals surface area contributed by atoms with Gasteiger partial charge in [0.05, 0.1) is 13.2 Å². The second-order valence-corrected chi connectivity index (χ2v) is 9.59. The van der Waals surface area contributed by atoms with Crippen LogP contribution in [0.3, 0.4) is 0 Å². The Bertz CT molecular complexity index is 1110. The van der Waals surface area contributed by atoms with E-state index >= 15 is 0 Å². The molecule has 3 rings (SSSR count). The van der Waals surface area contributed by atoms with Gasteiger partial charge in [0.15, 0.2) is 11.8 Å². The zero-order valence-corrected chi connectivity index (χ0v) is 20.6. The summed E-state index contributed by atoms with van der Waals surface area (Å²) in [6.45, 7) is 6.28. The third-order valence-electron chi connectivity index (χ3n) is 5.30. The van der Waals surface area contributed by atoms with E-state index < -0.39 is 56.3 Å². The Balaban J connectivity index is 1.80. The predicted molar refractivity (Wildman–Crippen MR) is 127 cm³/mol. The van der Waals surface area contributed by atoms with Gasteiger partial charge in [-0.15, -0.1) is 6.42 Å². The van der Waals surface area contributed by atoms with Crippen LogP contribution in [0, 0.1) is 12.3 Å². The van der Waals surface area contributed by atoms with Crippen molar-refractivity contribution in [3.05, 3.63) is 55.0 Å². The molecule has 1 fully saturated rings. The quantitative estimate of drug-likeness (QED) is 0.194. The predicted octanol–water partition coefficient (Wildman–Crippen LogP) is 0.598. The number of para-hydroxylation sites is 1. The van der Waals surface area contributed by atoms with E-state index in [9.17, 15) is 24.4 Å². The van der Waals surface area contributed by atoms with Gasteiger partial charge in [-0.2, -0.15) is 5.09 Å². The summed E-state index contributed by atoms with van der Waals surface area (Å²) in [6.07, 6.45) is 3.61. The number of carbonyl (C=O) groups is 2. The molecule has 0 bridgehead atoms. The van der Waals surface area contributed by atoms with Gasteiger partial charge in [-0.3, -0.25) is 14.1 Å². The van der Waals surface area contributed by atoms with E-state index in [4.69, 9.17) is 24.9 Å². The molecule has 0 aliphatic carbocycles. The van der Waals surface area contributed by atoms with Crippen LogP contribution in [0.2, 0.25) is 0 Å². The average molecular weight is 521 g/mol. The first-order chi connectivity index (χ1) is 17.0. The van der Waals surface area contributed by atoms with Gasteiger partial charge in [0.25, 0.3) is 5.91 Å². The van der Waals surface area contributed by atoms with Gasteiger partial charge in [0.1, 0.15) is 29.8 Å². The van der Waals surface area contributed by atoms with E-state index in [1.54, 1.807) is 25.1 Å². The van der Waals surface area contributed by atoms with Crippen LogP contribution in [0.15, 0.2) is 55.0 Å². The zero-order valence-electron chi connectivity index (χ0n) is 19.7. The standard InChI is InChI=1S/C23H28N3O9P/c1-5-23(30)20(28)18(34-22(23)26-13-12-19(27)24-16(26)4)14-33-36(31,25-15(3)21(29)32-6-2)35-17-10-8-7-9-11-17/h1,7-13,15,18,20,22,28,30H,4,6,14H2,2-3H3,(H,24,27)(H,25,31)/t15-,18+,20+,22+,23+,36?/m0/s1. The molecule has 2 aliphatic heterocycles. The van der Waals surface area contributed by atoms with Gasteiger partial charge in [0, 0.05) is 12.3 Å². The molecule has 0 spiro atoms. The zero-order chi connectivity index (χ0) is 26.5. The van der Waals surface area contributed by atoms with Crippen molar-refractivity contribution in [2.75, 3.05) is 13.2 Å². The number of terminal acetylenes is 1. The van der Waals surface area contributed by atoms with Crippen LogP contribution in [0.4, 0.5) is 0 Å². The SMILES string of the molecule is C#C[C@@]1(O)[C@H](O)[C@@H](COP(=O)(N[C@@H](C)C(=O)OCC)Oc2ccccc2)O[C@H]1N1C=CC(=O)NC1=C. The highest BCUT2D eigenvalue weighted by Crippen LogP contribution is 2.46. The Morgan fingerprint density at radius 2 is 2.14 bits per heavy atom. The fraction of sp³-hybridized carbons (Fsp3) is 0.391. The summed E-state index contributed by atoms with van der Waals surface area (Å²) >= 11 is 0. The number of hydrogen-bond acceptors (Lipinski definition) is 10.